The topological polar surface area (TPSA) is 35.5 Å². The first-order valence-electron chi connectivity index (χ1n) is 3.59. The standard InChI is InChI=1S/C6H12IO3P/c1-9-11(8)4-2-3-6(5-7)10-11/h6H,2-5H2,1H3/t6-,11+/m0/s1. The second kappa shape index (κ2) is 4.21. The Balaban J connectivity index is 2.52. The van der Waals surface area contributed by atoms with Gasteiger partial charge in [-0.3, -0.25) is 4.57 Å². The highest BCUT2D eigenvalue weighted by molar-refractivity contribution is 14.1. The summed E-state index contributed by atoms with van der Waals surface area (Å²) in [6.45, 7) is 0. The highest BCUT2D eigenvalue weighted by Gasteiger charge is 2.31. The molecule has 1 fully saturated rings. The Morgan fingerprint density at radius 1 is 1.82 bits per heavy atom. The van der Waals surface area contributed by atoms with Crippen molar-refractivity contribution in [2.45, 2.75) is 18.9 Å². The van der Waals surface area contributed by atoms with Crippen LogP contribution in [0, 0.1) is 0 Å². The van der Waals surface area contributed by atoms with Crippen LogP contribution in [0.2, 0.25) is 0 Å². The van der Waals surface area contributed by atoms with Gasteiger partial charge in [0.15, 0.2) is 0 Å². The molecule has 0 aliphatic carbocycles. The van der Waals surface area contributed by atoms with Gasteiger partial charge >= 0.3 is 7.60 Å². The number of rotatable bonds is 2. The maximum atomic E-state index is 11.5. The minimum Gasteiger partial charge on any atom is -0.312 e. The summed E-state index contributed by atoms with van der Waals surface area (Å²) in [6.07, 6.45) is 2.68. The smallest absolute Gasteiger partial charge is 0.312 e. The molecule has 1 rings (SSSR count). The molecule has 0 aromatic carbocycles. The van der Waals surface area contributed by atoms with Crippen LogP contribution in [0.15, 0.2) is 0 Å². The van der Waals surface area contributed by atoms with Crippen molar-refractivity contribution in [2.24, 2.45) is 0 Å². The van der Waals surface area contributed by atoms with E-state index in [2.05, 4.69) is 22.6 Å². The van der Waals surface area contributed by atoms with Gasteiger partial charge in [0.1, 0.15) is 0 Å². The molecule has 11 heavy (non-hydrogen) atoms. The fourth-order valence-electron chi connectivity index (χ4n) is 1.08. The van der Waals surface area contributed by atoms with Crippen LogP contribution >= 0.6 is 30.2 Å². The molecular weight excluding hydrogens is 278 g/mol. The number of hydrogen-bond donors (Lipinski definition) is 0. The van der Waals surface area contributed by atoms with Crippen LogP contribution in [0.5, 0.6) is 0 Å². The number of alkyl halides is 1. The minimum atomic E-state index is -2.67. The van der Waals surface area contributed by atoms with Gasteiger partial charge in [-0.2, -0.15) is 0 Å². The molecule has 0 saturated carbocycles. The molecular formula is C6H12IO3P. The van der Waals surface area contributed by atoms with Crippen LogP contribution in [0.25, 0.3) is 0 Å². The molecule has 3 nitrogen and oxygen atoms in total. The summed E-state index contributed by atoms with van der Waals surface area (Å²) in [6, 6.07) is 0. The molecule has 1 aliphatic rings. The number of hydrogen-bond acceptors (Lipinski definition) is 3. The Bertz CT molecular complexity index is 173. The van der Waals surface area contributed by atoms with Crippen LogP contribution < -0.4 is 0 Å². The summed E-state index contributed by atoms with van der Waals surface area (Å²) in [5, 5.41) is 0. The third kappa shape index (κ3) is 2.68. The van der Waals surface area contributed by atoms with Crippen LogP contribution in [-0.4, -0.2) is 23.8 Å². The van der Waals surface area contributed by atoms with E-state index in [1.807, 2.05) is 0 Å². The summed E-state index contributed by atoms with van der Waals surface area (Å²) >= 11 is 2.24. The van der Waals surface area contributed by atoms with Crippen LogP contribution in [0.3, 0.4) is 0 Å². The molecule has 0 bridgehead atoms. The third-order valence-electron chi connectivity index (χ3n) is 1.72. The van der Waals surface area contributed by atoms with E-state index in [9.17, 15) is 4.57 Å². The van der Waals surface area contributed by atoms with Gasteiger partial charge in [-0.1, -0.05) is 22.6 Å². The zero-order valence-corrected chi connectivity index (χ0v) is 9.51. The Morgan fingerprint density at radius 2 is 2.55 bits per heavy atom. The monoisotopic (exact) mass is 290 g/mol. The van der Waals surface area contributed by atoms with Gasteiger partial charge in [-0.15, -0.1) is 0 Å². The van der Waals surface area contributed by atoms with E-state index < -0.39 is 7.60 Å². The molecule has 5 heteroatoms. The fraction of sp³-hybridized carbons (Fsp3) is 1.00. The van der Waals surface area contributed by atoms with Crippen LogP contribution in [0.4, 0.5) is 0 Å². The molecule has 1 heterocycles. The third-order valence-corrected chi connectivity index (χ3v) is 4.74. The lowest BCUT2D eigenvalue weighted by atomic mass is 10.2. The quantitative estimate of drug-likeness (QED) is 0.445. The Labute approximate surface area is 80.5 Å². The Morgan fingerprint density at radius 3 is 3.09 bits per heavy atom. The van der Waals surface area contributed by atoms with E-state index in [0.717, 1.165) is 17.3 Å². The summed E-state index contributed by atoms with van der Waals surface area (Å²) in [7, 11) is -1.22. The van der Waals surface area contributed by atoms with Gasteiger partial charge in [0, 0.05) is 11.5 Å². The van der Waals surface area contributed by atoms with Gasteiger partial charge in [0.2, 0.25) is 0 Å². The van der Waals surface area contributed by atoms with E-state index in [1.54, 1.807) is 0 Å². The first-order chi connectivity index (χ1) is 5.20. The highest BCUT2D eigenvalue weighted by Crippen LogP contribution is 2.52. The second-order valence-electron chi connectivity index (χ2n) is 2.54. The second-order valence-corrected chi connectivity index (χ2v) is 5.67. The molecule has 0 spiro atoms. The number of halogens is 1. The summed E-state index contributed by atoms with van der Waals surface area (Å²) < 4.78 is 22.6. The van der Waals surface area contributed by atoms with E-state index in [0.29, 0.717) is 6.16 Å². The highest BCUT2D eigenvalue weighted by atomic mass is 127. The van der Waals surface area contributed by atoms with E-state index in [-0.39, 0.29) is 6.10 Å². The molecule has 1 aliphatic heterocycles. The van der Waals surface area contributed by atoms with Crippen molar-refractivity contribution >= 4 is 30.2 Å². The lowest BCUT2D eigenvalue weighted by Gasteiger charge is -2.27. The lowest BCUT2D eigenvalue weighted by Crippen LogP contribution is -2.20. The van der Waals surface area contributed by atoms with Crippen LogP contribution in [-0.2, 0) is 13.6 Å². The van der Waals surface area contributed by atoms with Gasteiger partial charge in [0.05, 0.1) is 12.3 Å². The zero-order valence-electron chi connectivity index (χ0n) is 6.46. The molecule has 0 aromatic rings. The predicted octanol–water partition coefficient (Wildman–Crippen LogP) is 2.44. The zero-order chi connectivity index (χ0) is 8.32. The first-order valence-corrected chi connectivity index (χ1v) is 6.85. The van der Waals surface area contributed by atoms with Crippen molar-refractivity contribution in [1.29, 1.82) is 0 Å². The Hall–Kier alpha value is 0.880. The van der Waals surface area contributed by atoms with Crippen molar-refractivity contribution < 1.29 is 13.6 Å². The SMILES string of the molecule is CO[P@]1(=O)CCC[C@@H](CI)O1. The maximum Gasteiger partial charge on any atom is 0.330 e. The maximum absolute atomic E-state index is 11.5. The molecule has 0 aromatic heterocycles. The molecule has 2 atom stereocenters. The van der Waals surface area contributed by atoms with Crippen molar-refractivity contribution in [1.82, 2.24) is 0 Å². The molecule has 0 unspecified atom stereocenters. The minimum absolute atomic E-state index is 0.134. The van der Waals surface area contributed by atoms with E-state index in [4.69, 9.17) is 9.05 Å². The molecule has 0 radical (unpaired) electrons. The fourth-order valence-corrected chi connectivity index (χ4v) is 3.57. The Kier molecular flexibility index (Phi) is 3.81. The van der Waals surface area contributed by atoms with Crippen molar-refractivity contribution in [2.75, 3.05) is 17.7 Å². The average Bonchev–Trinajstić information content (AvgIpc) is 2.05. The van der Waals surface area contributed by atoms with Crippen molar-refractivity contribution in [3.63, 3.8) is 0 Å². The summed E-state index contributed by atoms with van der Waals surface area (Å²) in [5.41, 5.74) is 0. The average molecular weight is 290 g/mol. The lowest BCUT2D eigenvalue weighted by molar-refractivity contribution is 0.154. The van der Waals surface area contributed by atoms with E-state index >= 15 is 0 Å². The first kappa shape index (κ1) is 9.96. The largest absolute Gasteiger partial charge is 0.330 e. The van der Waals surface area contributed by atoms with Gasteiger partial charge in [-0.05, 0) is 12.8 Å². The molecule has 1 saturated heterocycles. The molecule has 0 amide bonds. The van der Waals surface area contributed by atoms with Gasteiger partial charge in [0.25, 0.3) is 0 Å². The van der Waals surface area contributed by atoms with E-state index in [1.165, 1.54) is 7.11 Å². The van der Waals surface area contributed by atoms with Gasteiger partial charge in [-0.25, -0.2) is 0 Å². The van der Waals surface area contributed by atoms with Crippen LogP contribution in [0.1, 0.15) is 12.8 Å². The normalized spacial score (nSPS) is 38.9. The van der Waals surface area contributed by atoms with Crippen molar-refractivity contribution in [3.05, 3.63) is 0 Å². The van der Waals surface area contributed by atoms with Crippen molar-refractivity contribution in [3.8, 4) is 0 Å². The molecule has 66 valence electrons. The summed E-state index contributed by atoms with van der Waals surface area (Å²) in [5.74, 6) is 0. The van der Waals surface area contributed by atoms with Gasteiger partial charge < -0.3 is 9.05 Å². The molecule has 0 N–H and O–H groups in total. The summed E-state index contributed by atoms with van der Waals surface area (Å²) in [4.78, 5) is 0. The predicted molar refractivity (Wildman–Crippen MR) is 52.5 cm³/mol.